The number of sulfonamides is 1. The van der Waals surface area contributed by atoms with Gasteiger partial charge in [-0.1, -0.05) is 6.07 Å². The van der Waals surface area contributed by atoms with Crippen LogP contribution < -0.4 is 14.2 Å². The van der Waals surface area contributed by atoms with Crippen LogP contribution in [0, 0.1) is 0 Å². The molecule has 2 aromatic carbocycles. The number of hydrogen-bond donors (Lipinski definition) is 0. The third-order valence-corrected chi connectivity index (χ3v) is 7.12. The molecule has 0 atom stereocenters. The minimum Gasteiger partial charge on any atom is -0.496 e. The van der Waals surface area contributed by atoms with Gasteiger partial charge in [-0.15, -0.1) is 0 Å². The Balaban J connectivity index is 1.87. The molecule has 2 aromatic rings. The van der Waals surface area contributed by atoms with Gasteiger partial charge in [0.15, 0.2) is 11.5 Å². The number of benzene rings is 2. The van der Waals surface area contributed by atoms with Gasteiger partial charge in [0.2, 0.25) is 10.0 Å². The molecule has 0 radical (unpaired) electrons. The third kappa shape index (κ3) is 4.98. The lowest BCUT2D eigenvalue weighted by molar-refractivity contribution is 0.0730. The Morgan fingerprint density at radius 1 is 0.969 bits per heavy atom. The molecule has 1 saturated heterocycles. The topological polar surface area (TPSA) is 94.6 Å². The van der Waals surface area contributed by atoms with Crippen LogP contribution in [0.1, 0.15) is 15.9 Å². The van der Waals surface area contributed by atoms with E-state index in [2.05, 4.69) is 0 Å². The first kappa shape index (κ1) is 23.8. The predicted octanol–water partition coefficient (Wildman–Crippen LogP) is 2.01. The lowest BCUT2D eigenvalue weighted by atomic mass is 10.1. The second kappa shape index (κ2) is 10.2. The summed E-state index contributed by atoms with van der Waals surface area (Å²) >= 11 is 0. The van der Waals surface area contributed by atoms with Crippen molar-refractivity contribution in [3.63, 3.8) is 0 Å². The molecule has 10 heteroatoms. The number of methoxy groups -OCH3 is 3. The molecule has 1 heterocycles. The normalized spacial score (nSPS) is 14.6. The second-order valence-electron chi connectivity index (χ2n) is 7.23. The van der Waals surface area contributed by atoms with Crippen LogP contribution in [-0.2, 0) is 21.3 Å². The maximum atomic E-state index is 13.2. The molecule has 0 saturated carbocycles. The van der Waals surface area contributed by atoms with Gasteiger partial charge in [-0.3, -0.25) is 4.79 Å². The minimum atomic E-state index is -3.75. The molecule has 3 rings (SSSR count). The van der Waals surface area contributed by atoms with Gasteiger partial charge in [0.1, 0.15) is 5.75 Å². The van der Waals surface area contributed by atoms with Gasteiger partial charge in [-0.2, -0.15) is 4.31 Å². The molecular formula is C22H28N2O7S. The van der Waals surface area contributed by atoms with Crippen LogP contribution >= 0.6 is 0 Å². The van der Waals surface area contributed by atoms with Crippen LogP contribution in [0.2, 0.25) is 0 Å². The Kier molecular flexibility index (Phi) is 7.60. The molecule has 0 aromatic heterocycles. The van der Waals surface area contributed by atoms with E-state index in [4.69, 9.17) is 18.9 Å². The van der Waals surface area contributed by atoms with Gasteiger partial charge in [-0.25, -0.2) is 8.42 Å². The molecule has 9 nitrogen and oxygen atoms in total. The fourth-order valence-corrected chi connectivity index (χ4v) is 4.92. The van der Waals surface area contributed by atoms with Crippen molar-refractivity contribution < 1.29 is 32.2 Å². The Morgan fingerprint density at radius 3 is 2.22 bits per heavy atom. The van der Waals surface area contributed by atoms with Crippen LogP contribution in [-0.4, -0.2) is 78.2 Å². The number of nitrogens with zero attached hydrogens (tertiary/aromatic N) is 2. The summed E-state index contributed by atoms with van der Waals surface area (Å²) < 4.78 is 48.6. The first-order valence-electron chi connectivity index (χ1n) is 10.0. The summed E-state index contributed by atoms with van der Waals surface area (Å²) in [5, 5.41) is 0. The zero-order valence-electron chi connectivity index (χ0n) is 18.7. The number of carbonyl (C=O) groups is 1. The SMILES string of the molecule is COc1ccc(CN(C)C(=O)c2cc(S(=O)(=O)N3CCOCC3)ccc2OC)cc1OC. The number of rotatable bonds is 8. The summed E-state index contributed by atoms with van der Waals surface area (Å²) in [7, 11) is 2.43. The molecule has 32 heavy (non-hydrogen) atoms. The van der Waals surface area contributed by atoms with E-state index >= 15 is 0 Å². The number of amides is 1. The van der Waals surface area contributed by atoms with Crippen LogP contribution in [0.4, 0.5) is 0 Å². The fourth-order valence-electron chi connectivity index (χ4n) is 3.48. The average Bonchev–Trinajstić information content (AvgIpc) is 2.83. The van der Waals surface area contributed by atoms with Crippen LogP contribution in [0.5, 0.6) is 17.2 Å². The Bertz CT molecular complexity index is 1070. The Labute approximate surface area is 188 Å². The second-order valence-corrected chi connectivity index (χ2v) is 9.17. The number of morpholine rings is 1. The summed E-state index contributed by atoms with van der Waals surface area (Å²) in [4.78, 5) is 14.8. The Morgan fingerprint density at radius 2 is 1.59 bits per heavy atom. The monoisotopic (exact) mass is 464 g/mol. The summed E-state index contributed by atoms with van der Waals surface area (Å²) in [6.07, 6.45) is 0. The smallest absolute Gasteiger partial charge is 0.257 e. The van der Waals surface area contributed by atoms with E-state index in [-0.39, 0.29) is 36.0 Å². The van der Waals surface area contributed by atoms with Gasteiger partial charge >= 0.3 is 0 Å². The molecule has 0 aliphatic carbocycles. The highest BCUT2D eigenvalue weighted by Gasteiger charge is 2.28. The van der Waals surface area contributed by atoms with Crippen molar-refractivity contribution in [2.24, 2.45) is 0 Å². The van der Waals surface area contributed by atoms with Crippen LogP contribution in [0.25, 0.3) is 0 Å². The summed E-state index contributed by atoms with van der Waals surface area (Å²) in [5.41, 5.74) is 0.999. The molecule has 0 bridgehead atoms. The minimum absolute atomic E-state index is 0.0445. The summed E-state index contributed by atoms with van der Waals surface area (Å²) in [6, 6.07) is 9.72. The lowest BCUT2D eigenvalue weighted by Gasteiger charge is -2.26. The van der Waals surface area contributed by atoms with E-state index in [9.17, 15) is 13.2 Å². The molecule has 1 aliphatic heterocycles. The summed E-state index contributed by atoms with van der Waals surface area (Å²) in [6.45, 7) is 1.51. The van der Waals surface area contributed by atoms with E-state index in [0.717, 1.165) is 5.56 Å². The zero-order chi connectivity index (χ0) is 23.3. The van der Waals surface area contributed by atoms with Crippen LogP contribution in [0.3, 0.4) is 0 Å². The van der Waals surface area contributed by atoms with E-state index in [1.165, 1.54) is 34.5 Å². The van der Waals surface area contributed by atoms with Crippen molar-refractivity contribution in [2.75, 3.05) is 54.7 Å². The van der Waals surface area contributed by atoms with Crippen molar-refractivity contribution >= 4 is 15.9 Å². The standard InChI is InChI=1S/C22H28N2O7S/c1-23(15-16-5-7-20(29-3)21(13-16)30-4)22(25)18-14-17(6-8-19(18)28-2)32(26,27)24-9-11-31-12-10-24/h5-8,13-14H,9-12,15H2,1-4H3. The molecule has 1 amide bonds. The fraction of sp³-hybridized carbons (Fsp3) is 0.409. The van der Waals surface area contributed by atoms with Crippen molar-refractivity contribution in [1.82, 2.24) is 9.21 Å². The van der Waals surface area contributed by atoms with E-state index in [1.807, 2.05) is 6.07 Å². The highest BCUT2D eigenvalue weighted by molar-refractivity contribution is 7.89. The van der Waals surface area contributed by atoms with Crippen molar-refractivity contribution in [2.45, 2.75) is 11.4 Å². The number of ether oxygens (including phenoxy) is 4. The van der Waals surface area contributed by atoms with Gasteiger partial charge in [0.05, 0.1) is 45.0 Å². The number of carbonyl (C=O) groups excluding carboxylic acids is 1. The first-order chi connectivity index (χ1) is 15.3. The van der Waals surface area contributed by atoms with Crippen LogP contribution in [0.15, 0.2) is 41.3 Å². The molecule has 0 N–H and O–H groups in total. The summed E-state index contributed by atoms with van der Waals surface area (Å²) in [5.74, 6) is 1.08. The van der Waals surface area contributed by atoms with Gasteiger partial charge < -0.3 is 23.8 Å². The van der Waals surface area contributed by atoms with Gasteiger partial charge in [-0.05, 0) is 35.9 Å². The highest BCUT2D eigenvalue weighted by Crippen LogP contribution is 2.29. The zero-order valence-corrected chi connectivity index (χ0v) is 19.5. The largest absolute Gasteiger partial charge is 0.496 e. The highest BCUT2D eigenvalue weighted by atomic mass is 32.2. The van der Waals surface area contributed by atoms with Crippen molar-refractivity contribution in [3.05, 3.63) is 47.5 Å². The maximum absolute atomic E-state index is 13.2. The maximum Gasteiger partial charge on any atom is 0.257 e. The molecule has 0 unspecified atom stereocenters. The number of hydrogen-bond acceptors (Lipinski definition) is 7. The van der Waals surface area contributed by atoms with Gasteiger partial charge in [0.25, 0.3) is 5.91 Å². The third-order valence-electron chi connectivity index (χ3n) is 5.22. The van der Waals surface area contributed by atoms with E-state index in [0.29, 0.717) is 30.5 Å². The average molecular weight is 465 g/mol. The van der Waals surface area contributed by atoms with Crippen molar-refractivity contribution in [3.8, 4) is 17.2 Å². The first-order valence-corrected chi connectivity index (χ1v) is 11.5. The molecule has 174 valence electrons. The molecule has 1 fully saturated rings. The van der Waals surface area contributed by atoms with Gasteiger partial charge in [0, 0.05) is 26.7 Å². The molecule has 1 aliphatic rings. The van der Waals surface area contributed by atoms with E-state index in [1.54, 1.807) is 33.4 Å². The lowest BCUT2D eigenvalue weighted by Crippen LogP contribution is -2.40. The molecular weight excluding hydrogens is 436 g/mol. The quantitative estimate of drug-likeness (QED) is 0.590. The predicted molar refractivity (Wildman–Crippen MR) is 118 cm³/mol. The van der Waals surface area contributed by atoms with Crippen molar-refractivity contribution in [1.29, 1.82) is 0 Å². The van der Waals surface area contributed by atoms with E-state index < -0.39 is 10.0 Å². The Hall–Kier alpha value is -2.82. The molecule has 0 spiro atoms.